The van der Waals surface area contributed by atoms with Gasteiger partial charge in [0, 0.05) is 13.0 Å². The molecule has 0 aliphatic carbocycles. The Morgan fingerprint density at radius 1 is 1.16 bits per heavy atom. The summed E-state index contributed by atoms with van der Waals surface area (Å²) >= 11 is 0. The van der Waals surface area contributed by atoms with Crippen molar-refractivity contribution < 1.29 is 12.8 Å². The van der Waals surface area contributed by atoms with Crippen molar-refractivity contribution in [3.8, 4) is 0 Å². The monoisotopic (exact) mass is 279 g/mol. The molecule has 0 saturated carbocycles. The van der Waals surface area contributed by atoms with E-state index in [-0.39, 0.29) is 5.75 Å². The van der Waals surface area contributed by atoms with Crippen LogP contribution >= 0.6 is 0 Å². The van der Waals surface area contributed by atoms with Gasteiger partial charge < -0.3 is 4.42 Å². The minimum atomic E-state index is -3.30. The summed E-state index contributed by atoms with van der Waals surface area (Å²) in [5.41, 5.74) is 1.81. The predicted molar refractivity (Wildman–Crippen MR) is 74.2 cm³/mol. The van der Waals surface area contributed by atoms with Crippen LogP contribution in [0.5, 0.6) is 0 Å². The molecular formula is C14H17NO3S. The molecule has 1 heterocycles. The van der Waals surface area contributed by atoms with Crippen LogP contribution in [0.1, 0.15) is 16.9 Å². The summed E-state index contributed by atoms with van der Waals surface area (Å²) < 4.78 is 31.6. The summed E-state index contributed by atoms with van der Waals surface area (Å²) in [5, 5.41) is 0. The SMILES string of the molecule is Cc1ccccc1CS(=O)(=O)NCCc1ccco1. The highest BCUT2D eigenvalue weighted by atomic mass is 32.2. The van der Waals surface area contributed by atoms with Crippen LogP contribution in [0, 0.1) is 6.92 Å². The summed E-state index contributed by atoms with van der Waals surface area (Å²) in [5.74, 6) is 0.788. The Kier molecular flexibility index (Phi) is 4.39. The Labute approximate surface area is 113 Å². The van der Waals surface area contributed by atoms with Gasteiger partial charge in [-0.05, 0) is 30.2 Å². The van der Waals surface area contributed by atoms with E-state index in [1.54, 1.807) is 12.3 Å². The summed E-state index contributed by atoms with van der Waals surface area (Å²) in [6.45, 7) is 2.26. The zero-order valence-corrected chi connectivity index (χ0v) is 11.6. The molecule has 0 radical (unpaired) electrons. The lowest BCUT2D eigenvalue weighted by molar-refractivity contribution is 0.506. The summed E-state index contributed by atoms with van der Waals surface area (Å²) in [7, 11) is -3.30. The van der Waals surface area contributed by atoms with Crippen molar-refractivity contribution in [3.05, 3.63) is 59.5 Å². The number of rotatable bonds is 6. The molecule has 4 nitrogen and oxygen atoms in total. The van der Waals surface area contributed by atoms with E-state index >= 15 is 0 Å². The van der Waals surface area contributed by atoms with Crippen molar-refractivity contribution in [2.24, 2.45) is 0 Å². The number of hydrogen-bond acceptors (Lipinski definition) is 3. The molecule has 0 unspecified atom stereocenters. The van der Waals surface area contributed by atoms with Gasteiger partial charge in [-0.2, -0.15) is 0 Å². The molecule has 0 spiro atoms. The van der Waals surface area contributed by atoms with E-state index < -0.39 is 10.0 Å². The molecular weight excluding hydrogens is 262 g/mol. The van der Waals surface area contributed by atoms with Gasteiger partial charge in [0.15, 0.2) is 0 Å². The molecule has 0 bridgehead atoms. The maximum atomic E-state index is 11.9. The van der Waals surface area contributed by atoms with Crippen molar-refractivity contribution in [3.63, 3.8) is 0 Å². The predicted octanol–water partition coefficient (Wildman–Crippen LogP) is 2.25. The maximum Gasteiger partial charge on any atom is 0.215 e. The van der Waals surface area contributed by atoms with Crippen LogP contribution in [0.2, 0.25) is 0 Å². The molecule has 1 aromatic heterocycles. The zero-order chi connectivity index (χ0) is 13.7. The number of nitrogens with one attached hydrogen (secondary N) is 1. The molecule has 102 valence electrons. The first kappa shape index (κ1) is 13.8. The maximum absolute atomic E-state index is 11.9. The third-order valence-corrected chi connectivity index (χ3v) is 4.22. The summed E-state index contributed by atoms with van der Waals surface area (Å²) in [6.07, 6.45) is 2.14. The minimum absolute atomic E-state index is 0.0117. The molecule has 0 fully saturated rings. The van der Waals surface area contributed by atoms with Gasteiger partial charge in [-0.1, -0.05) is 24.3 Å². The molecule has 19 heavy (non-hydrogen) atoms. The molecule has 0 aliphatic rings. The van der Waals surface area contributed by atoms with Crippen molar-refractivity contribution in [1.82, 2.24) is 4.72 Å². The van der Waals surface area contributed by atoms with Gasteiger partial charge >= 0.3 is 0 Å². The Bertz CT molecular complexity index is 618. The van der Waals surface area contributed by atoms with Gasteiger partial charge in [0.1, 0.15) is 5.76 Å². The van der Waals surface area contributed by atoms with E-state index in [0.717, 1.165) is 16.9 Å². The molecule has 1 aromatic carbocycles. The first-order valence-electron chi connectivity index (χ1n) is 6.11. The third kappa shape index (κ3) is 4.22. The molecule has 0 amide bonds. The highest BCUT2D eigenvalue weighted by molar-refractivity contribution is 7.88. The minimum Gasteiger partial charge on any atom is -0.469 e. The Hall–Kier alpha value is -1.59. The summed E-state index contributed by atoms with van der Waals surface area (Å²) in [4.78, 5) is 0. The Morgan fingerprint density at radius 3 is 2.63 bits per heavy atom. The smallest absolute Gasteiger partial charge is 0.215 e. The van der Waals surface area contributed by atoms with Crippen molar-refractivity contribution in [2.45, 2.75) is 19.1 Å². The van der Waals surface area contributed by atoms with Crippen LogP contribution in [0.4, 0.5) is 0 Å². The highest BCUT2D eigenvalue weighted by Gasteiger charge is 2.12. The van der Waals surface area contributed by atoms with E-state index in [2.05, 4.69) is 4.72 Å². The standard InChI is InChI=1S/C14H17NO3S/c1-12-5-2-3-6-13(12)11-19(16,17)15-9-8-14-7-4-10-18-14/h2-7,10,15H,8-9,11H2,1H3. The van der Waals surface area contributed by atoms with Gasteiger partial charge in [0.25, 0.3) is 0 Å². The number of sulfonamides is 1. The fraction of sp³-hybridized carbons (Fsp3) is 0.286. The number of aryl methyl sites for hydroxylation is 1. The van der Waals surface area contributed by atoms with Gasteiger partial charge in [-0.25, -0.2) is 13.1 Å². The van der Waals surface area contributed by atoms with Gasteiger partial charge in [0.2, 0.25) is 10.0 Å². The van der Waals surface area contributed by atoms with Crippen LogP contribution in [-0.4, -0.2) is 15.0 Å². The molecule has 0 saturated heterocycles. The lowest BCUT2D eigenvalue weighted by atomic mass is 10.1. The van der Waals surface area contributed by atoms with Crippen molar-refractivity contribution >= 4 is 10.0 Å². The lowest BCUT2D eigenvalue weighted by Crippen LogP contribution is -2.27. The topological polar surface area (TPSA) is 59.3 Å². The Morgan fingerprint density at radius 2 is 1.95 bits per heavy atom. The van der Waals surface area contributed by atoms with Gasteiger partial charge in [0.05, 0.1) is 12.0 Å². The molecule has 2 aromatic rings. The average molecular weight is 279 g/mol. The van der Waals surface area contributed by atoms with Crippen LogP contribution in [0.3, 0.4) is 0 Å². The second kappa shape index (κ2) is 6.04. The van der Waals surface area contributed by atoms with Crippen LogP contribution in [0.25, 0.3) is 0 Å². The molecule has 0 atom stereocenters. The normalized spacial score (nSPS) is 11.6. The van der Waals surface area contributed by atoms with Crippen molar-refractivity contribution in [2.75, 3.05) is 6.54 Å². The zero-order valence-electron chi connectivity index (χ0n) is 10.8. The van der Waals surface area contributed by atoms with Crippen LogP contribution in [0.15, 0.2) is 47.1 Å². The number of furan rings is 1. The lowest BCUT2D eigenvalue weighted by Gasteiger charge is -2.08. The fourth-order valence-electron chi connectivity index (χ4n) is 1.81. The Balaban J connectivity index is 1.90. The molecule has 1 N–H and O–H groups in total. The van der Waals surface area contributed by atoms with Crippen LogP contribution < -0.4 is 4.72 Å². The molecule has 2 rings (SSSR count). The second-order valence-electron chi connectivity index (χ2n) is 4.41. The third-order valence-electron chi connectivity index (χ3n) is 2.88. The second-order valence-corrected chi connectivity index (χ2v) is 6.22. The molecule has 0 aliphatic heterocycles. The van der Waals surface area contributed by atoms with Crippen LogP contribution in [-0.2, 0) is 22.2 Å². The number of benzene rings is 1. The van der Waals surface area contributed by atoms with Crippen molar-refractivity contribution in [1.29, 1.82) is 0 Å². The van der Waals surface area contributed by atoms with E-state index in [1.807, 2.05) is 37.3 Å². The fourth-order valence-corrected chi connectivity index (χ4v) is 3.06. The summed E-state index contributed by atoms with van der Waals surface area (Å²) in [6, 6.07) is 11.1. The first-order chi connectivity index (χ1) is 9.07. The quantitative estimate of drug-likeness (QED) is 0.882. The average Bonchev–Trinajstić information content (AvgIpc) is 2.85. The van der Waals surface area contributed by atoms with E-state index in [9.17, 15) is 8.42 Å². The van der Waals surface area contributed by atoms with E-state index in [1.165, 1.54) is 0 Å². The first-order valence-corrected chi connectivity index (χ1v) is 7.76. The van der Waals surface area contributed by atoms with E-state index in [0.29, 0.717) is 13.0 Å². The highest BCUT2D eigenvalue weighted by Crippen LogP contribution is 2.10. The number of hydrogen-bond donors (Lipinski definition) is 1. The van der Waals surface area contributed by atoms with E-state index in [4.69, 9.17) is 4.42 Å². The largest absolute Gasteiger partial charge is 0.469 e. The molecule has 5 heteroatoms. The van der Waals surface area contributed by atoms with Gasteiger partial charge in [-0.15, -0.1) is 0 Å². The van der Waals surface area contributed by atoms with Gasteiger partial charge in [-0.3, -0.25) is 0 Å².